The Morgan fingerprint density at radius 3 is 2.44 bits per heavy atom. The highest BCUT2D eigenvalue weighted by atomic mass is 16.3. The van der Waals surface area contributed by atoms with Crippen LogP contribution < -0.4 is 10.6 Å². The van der Waals surface area contributed by atoms with Gasteiger partial charge in [0.05, 0.1) is 12.6 Å². The van der Waals surface area contributed by atoms with E-state index < -0.39 is 6.10 Å². The number of aliphatic hydroxyl groups excluding tert-OH is 1. The van der Waals surface area contributed by atoms with Crippen molar-refractivity contribution in [2.45, 2.75) is 64.5 Å². The van der Waals surface area contributed by atoms with Gasteiger partial charge in [-0.1, -0.05) is 39.5 Å². The van der Waals surface area contributed by atoms with Crippen LogP contribution in [0.25, 0.3) is 0 Å². The lowest BCUT2D eigenvalue weighted by Gasteiger charge is -2.20. The van der Waals surface area contributed by atoms with Crippen LogP contribution in [0.5, 0.6) is 0 Å². The van der Waals surface area contributed by atoms with Gasteiger partial charge in [0.2, 0.25) is 5.91 Å². The van der Waals surface area contributed by atoms with Crippen LogP contribution in [0.1, 0.15) is 52.4 Å². The van der Waals surface area contributed by atoms with Gasteiger partial charge in [0, 0.05) is 12.6 Å². The van der Waals surface area contributed by atoms with Crippen molar-refractivity contribution in [3.05, 3.63) is 0 Å². The summed E-state index contributed by atoms with van der Waals surface area (Å²) < 4.78 is 0. The van der Waals surface area contributed by atoms with Crippen LogP contribution in [0.15, 0.2) is 0 Å². The minimum absolute atomic E-state index is 0.00749. The highest BCUT2D eigenvalue weighted by Gasteiger charge is 2.17. The Morgan fingerprint density at radius 1 is 1.28 bits per heavy atom. The summed E-state index contributed by atoms with van der Waals surface area (Å²) in [6.45, 7) is 4.89. The van der Waals surface area contributed by atoms with E-state index in [-0.39, 0.29) is 11.8 Å². The number of rotatable bonds is 8. The predicted octanol–water partition coefficient (Wildman–Crippen LogP) is 1.43. The molecule has 1 amide bonds. The molecular weight excluding hydrogens is 228 g/mol. The smallest absolute Gasteiger partial charge is 0.234 e. The largest absolute Gasteiger partial charge is 0.391 e. The number of hydrogen-bond acceptors (Lipinski definition) is 3. The van der Waals surface area contributed by atoms with Gasteiger partial charge in [-0.05, 0) is 18.8 Å². The second kappa shape index (κ2) is 8.48. The molecule has 0 aromatic rings. The maximum Gasteiger partial charge on any atom is 0.234 e. The molecule has 1 aliphatic carbocycles. The molecule has 3 N–H and O–H groups in total. The average molecular weight is 256 g/mol. The zero-order chi connectivity index (χ0) is 13.4. The maximum atomic E-state index is 11.6. The average Bonchev–Trinajstić information content (AvgIpc) is 2.88. The fourth-order valence-electron chi connectivity index (χ4n) is 2.65. The van der Waals surface area contributed by atoms with Gasteiger partial charge >= 0.3 is 0 Å². The van der Waals surface area contributed by atoms with Crippen molar-refractivity contribution in [3.63, 3.8) is 0 Å². The summed E-state index contributed by atoms with van der Waals surface area (Å²) in [6.07, 6.45) is 6.39. The second-order valence-corrected chi connectivity index (χ2v) is 5.31. The fraction of sp³-hybridized carbons (Fsp3) is 0.929. The molecule has 1 fully saturated rings. The third-order valence-corrected chi connectivity index (χ3v) is 4.01. The fourth-order valence-corrected chi connectivity index (χ4v) is 2.65. The summed E-state index contributed by atoms with van der Waals surface area (Å²) in [7, 11) is 0. The van der Waals surface area contributed by atoms with Crippen molar-refractivity contribution in [1.82, 2.24) is 10.6 Å². The molecule has 1 unspecified atom stereocenters. The van der Waals surface area contributed by atoms with Crippen molar-refractivity contribution in [3.8, 4) is 0 Å². The molecule has 1 saturated carbocycles. The third-order valence-electron chi connectivity index (χ3n) is 4.01. The Bertz CT molecular complexity index is 236. The van der Waals surface area contributed by atoms with Crippen LogP contribution in [-0.4, -0.2) is 36.2 Å². The van der Waals surface area contributed by atoms with E-state index in [1.165, 1.54) is 25.7 Å². The van der Waals surface area contributed by atoms with Gasteiger partial charge in [0.25, 0.3) is 0 Å². The van der Waals surface area contributed by atoms with Gasteiger partial charge < -0.3 is 15.7 Å². The molecule has 0 aliphatic heterocycles. The Balaban J connectivity index is 2.11. The summed E-state index contributed by atoms with van der Waals surface area (Å²) in [6, 6.07) is 0.514. The summed E-state index contributed by atoms with van der Waals surface area (Å²) in [5.74, 6) is 0.278. The number of carbonyl (C=O) groups excluding carboxylic acids is 1. The van der Waals surface area contributed by atoms with E-state index >= 15 is 0 Å². The first-order chi connectivity index (χ1) is 8.67. The van der Waals surface area contributed by atoms with E-state index in [1.54, 1.807) is 0 Å². The standard InChI is InChI=1S/C14H28N2O2/c1-3-11(4-2)13(17)9-16-14(18)10-15-12-7-5-6-8-12/h11-13,15,17H,3-10H2,1-2H3,(H,16,18). The number of carbonyl (C=O) groups is 1. The lowest BCUT2D eigenvalue weighted by Crippen LogP contribution is -2.42. The molecule has 0 saturated heterocycles. The van der Waals surface area contributed by atoms with Crippen LogP contribution in [0, 0.1) is 5.92 Å². The molecule has 0 heterocycles. The van der Waals surface area contributed by atoms with Gasteiger partial charge in [-0.25, -0.2) is 0 Å². The molecular formula is C14H28N2O2. The summed E-state index contributed by atoms with van der Waals surface area (Å²) in [5.41, 5.74) is 0. The summed E-state index contributed by atoms with van der Waals surface area (Å²) >= 11 is 0. The first kappa shape index (κ1) is 15.4. The van der Waals surface area contributed by atoms with Crippen molar-refractivity contribution in [2.75, 3.05) is 13.1 Å². The van der Waals surface area contributed by atoms with E-state index in [9.17, 15) is 9.90 Å². The van der Waals surface area contributed by atoms with Crippen LogP contribution in [0.4, 0.5) is 0 Å². The SMILES string of the molecule is CCC(CC)C(O)CNC(=O)CNC1CCCC1. The van der Waals surface area contributed by atoms with Crippen LogP contribution in [0.2, 0.25) is 0 Å². The lowest BCUT2D eigenvalue weighted by atomic mass is 9.96. The second-order valence-electron chi connectivity index (χ2n) is 5.31. The molecule has 0 radical (unpaired) electrons. The summed E-state index contributed by atoms with van der Waals surface area (Å²) in [5, 5.41) is 16.0. The lowest BCUT2D eigenvalue weighted by molar-refractivity contribution is -0.121. The normalized spacial score (nSPS) is 18.2. The molecule has 4 heteroatoms. The predicted molar refractivity (Wildman–Crippen MR) is 73.3 cm³/mol. The van der Waals surface area contributed by atoms with Crippen LogP contribution in [0.3, 0.4) is 0 Å². The molecule has 0 aromatic heterocycles. The minimum atomic E-state index is -0.421. The molecule has 18 heavy (non-hydrogen) atoms. The highest BCUT2D eigenvalue weighted by molar-refractivity contribution is 5.78. The third kappa shape index (κ3) is 5.36. The Hall–Kier alpha value is -0.610. The summed E-state index contributed by atoms with van der Waals surface area (Å²) in [4.78, 5) is 11.6. The first-order valence-electron chi connectivity index (χ1n) is 7.35. The Kier molecular flexibility index (Phi) is 7.28. The van der Waals surface area contributed by atoms with Crippen molar-refractivity contribution < 1.29 is 9.90 Å². The van der Waals surface area contributed by atoms with E-state index in [2.05, 4.69) is 24.5 Å². The molecule has 106 valence electrons. The maximum absolute atomic E-state index is 11.6. The van der Waals surface area contributed by atoms with Crippen LogP contribution >= 0.6 is 0 Å². The molecule has 1 aliphatic rings. The molecule has 0 spiro atoms. The molecule has 1 rings (SSSR count). The first-order valence-corrected chi connectivity index (χ1v) is 7.35. The number of amides is 1. The molecule has 1 atom stereocenters. The van der Waals surface area contributed by atoms with E-state index in [0.717, 1.165) is 12.8 Å². The monoisotopic (exact) mass is 256 g/mol. The molecule has 4 nitrogen and oxygen atoms in total. The van der Waals surface area contributed by atoms with Gasteiger partial charge in [-0.3, -0.25) is 4.79 Å². The van der Waals surface area contributed by atoms with Gasteiger partial charge in [-0.2, -0.15) is 0 Å². The van der Waals surface area contributed by atoms with E-state index in [1.807, 2.05) is 0 Å². The minimum Gasteiger partial charge on any atom is -0.391 e. The highest BCUT2D eigenvalue weighted by Crippen LogP contribution is 2.17. The number of hydrogen-bond donors (Lipinski definition) is 3. The zero-order valence-corrected chi connectivity index (χ0v) is 11.7. The van der Waals surface area contributed by atoms with E-state index in [4.69, 9.17) is 0 Å². The number of aliphatic hydroxyl groups is 1. The number of nitrogens with one attached hydrogen (secondary N) is 2. The van der Waals surface area contributed by atoms with Crippen molar-refractivity contribution in [1.29, 1.82) is 0 Å². The van der Waals surface area contributed by atoms with Gasteiger partial charge in [-0.15, -0.1) is 0 Å². The molecule has 0 bridgehead atoms. The Morgan fingerprint density at radius 2 is 1.89 bits per heavy atom. The topological polar surface area (TPSA) is 61.4 Å². The van der Waals surface area contributed by atoms with Crippen molar-refractivity contribution >= 4 is 5.91 Å². The van der Waals surface area contributed by atoms with E-state index in [0.29, 0.717) is 19.1 Å². The van der Waals surface area contributed by atoms with Gasteiger partial charge in [0.15, 0.2) is 0 Å². The Labute approximate surface area is 111 Å². The quantitative estimate of drug-likeness (QED) is 0.616. The molecule has 0 aromatic carbocycles. The van der Waals surface area contributed by atoms with Gasteiger partial charge in [0.1, 0.15) is 0 Å². The van der Waals surface area contributed by atoms with Crippen LogP contribution in [-0.2, 0) is 4.79 Å². The zero-order valence-electron chi connectivity index (χ0n) is 11.7. The van der Waals surface area contributed by atoms with Crippen molar-refractivity contribution in [2.24, 2.45) is 5.92 Å².